The number of amides is 2. The van der Waals surface area contributed by atoms with E-state index in [0.29, 0.717) is 16.7 Å². The number of benzene rings is 1. The Bertz CT molecular complexity index is 781. The van der Waals surface area contributed by atoms with E-state index in [1.165, 1.54) is 11.3 Å². The summed E-state index contributed by atoms with van der Waals surface area (Å²) in [5, 5.41) is 4.01. The van der Waals surface area contributed by atoms with Crippen molar-refractivity contribution in [2.24, 2.45) is 5.92 Å². The fraction of sp³-hybridized carbons (Fsp3) is 0.438. The lowest BCUT2D eigenvalue weighted by Gasteiger charge is -2.31. The number of thiazole rings is 1. The molecule has 2 aromatic rings. The largest absolute Gasteiger partial charge is 0.337 e. The molecule has 7 heteroatoms. The number of nitrogens with zero attached hydrogens (tertiary/aromatic N) is 2. The van der Waals surface area contributed by atoms with E-state index in [4.69, 9.17) is 11.6 Å². The lowest BCUT2D eigenvalue weighted by molar-refractivity contribution is -0.131. The van der Waals surface area contributed by atoms with E-state index in [9.17, 15) is 9.59 Å². The van der Waals surface area contributed by atoms with Gasteiger partial charge < -0.3 is 10.2 Å². The van der Waals surface area contributed by atoms with Crippen LogP contribution in [0.5, 0.6) is 0 Å². The molecule has 1 fully saturated rings. The monoisotopic (exact) mass is 351 g/mol. The molecule has 0 spiro atoms. The highest BCUT2D eigenvalue weighted by atomic mass is 35.5. The average molecular weight is 352 g/mol. The minimum absolute atomic E-state index is 0.0220. The maximum absolute atomic E-state index is 12.4. The summed E-state index contributed by atoms with van der Waals surface area (Å²) in [5.74, 6) is -0.471. The highest BCUT2D eigenvalue weighted by Gasteiger charge is 2.39. The molecule has 1 aliphatic heterocycles. The van der Waals surface area contributed by atoms with Crippen molar-refractivity contribution in [2.75, 3.05) is 11.9 Å². The van der Waals surface area contributed by atoms with Gasteiger partial charge in [-0.3, -0.25) is 9.59 Å². The number of anilines is 1. The third-order valence-corrected chi connectivity index (χ3v) is 5.05. The number of likely N-dealkylation sites (tertiary alicyclic amines) is 1. The predicted molar refractivity (Wildman–Crippen MR) is 92.8 cm³/mol. The maximum atomic E-state index is 12.4. The van der Waals surface area contributed by atoms with E-state index in [1.807, 2.05) is 32.9 Å². The van der Waals surface area contributed by atoms with E-state index in [1.54, 1.807) is 11.0 Å². The van der Waals surface area contributed by atoms with Crippen LogP contribution in [0, 0.1) is 5.92 Å². The first-order valence-corrected chi connectivity index (χ1v) is 8.61. The summed E-state index contributed by atoms with van der Waals surface area (Å²) >= 11 is 7.34. The van der Waals surface area contributed by atoms with Crippen LogP contribution in [0.4, 0.5) is 5.13 Å². The van der Waals surface area contributed by atoms with E-state index >= 15 is 0 Å². The molecule has 0 saturated carbocycles. The van der Waals surface area contributed by atoms with E-state index in [2.05, 4.69) is 10.3 Å². The van der Waals surface area contributed by atoms with Gasteiger partial charge in [0.1, 0.15) is 0 Å². The van der Waals surface area contributed by atoms with Crippen LogP contribution in [0.15, 0.2) is 18.2 Å². The molecule has 1 aromatic carbocycles. The number of aromatic nitrogens is 1. The van der Waals surface area contributed by atoms with Gasteiger partial charge in [-0.2, -0.15) is 0 Å². The number of nitrogens with one attached hydrogen (secondary N) is 1. The molecule has 1 N–H and O–H groups in total. The van der Waals surface area contributed by atoms with Gasteiger partial charge in [-0.15, -0.1) is 0 Å². The standard InChI is InChI=1S/C16H18ClN3O2S/c1-16(2,3)20-8-9(6-13(20)21)14(22)19-15-18-11-5-4-10(17)7-12(11)23-15/h4-5,7,9H,6,8H2,1-3H3,(H,18,19,22). The van der Waals surface area contributed by atoms with Gasteiger partial charge in [0.2, 0.25) is 11.8 Å². The second-order valence-electron chi connectivity index (χ2n) is 6.70. The summed E-state index contributed by atoms with van der Waals surface area (Å²) < 4.78 is 0.923. The number of halogens is 1. The predicted octanol–water partition coefficient (Wildman–Crippen LogP) is 3.54. The lowest BCUT2D eigenvalue weighted by atomic mass is 10.1. The van der Waals surface area contributed by atoms with Crippen LogP contribution < -0.4 is 5.32 Å². The van der Waals surface area contributed by atoms with Crippen molar-refractivity contribution in [1.29, 1.82) is 0 Å². The van der Waals surface area contributed by atoms with Crippen LogP contribution >= 0.6 is 22.9 Å². The maximum Gasteiger partial charge on any atom is 0.231 e. The van der Waals surface area contributed by atoms with Gasteiger partial charge in [0.25, 0.3) is 0 Å². The SMILES string of the molecule is CC(C)(C)N1CC(C(=O)Nc2nc3ccc(Cl)cc3s2)CC1=O. The molecule has 1 saturated heterocycles. The molecule has 0 bridgehead atoms. The Kier molecular flexibility index (Phi) is 4.06. The first-order chi connectivity index (χ1) is 10.7. The molecule has 2 heterocycles. The molecular weight excluding hydrogens is 334 g/mol. The first kappa shape index (κ1) is 16.2. The van der Waals surface area contributed by atoms with Crippen LogP contribution in [0.3, 0.4) is 0 Å². The van der Waals surface area contributed by atoms with Crippen molar-refractivity contribution < 1.29 is 9.59 Å². The number of hydrogen-bond acceptors (Lipinski definition) is 4. The highest BCUT2D eigenvalue weighted by molar-refractivity contribution is 7.22. The summed E-state index contributed by atoms with van der Waals surface area (Å²) in [5.41, 5.74) is 0.534. The van der Waals surface area contributed by atoms with Crippen molar-refractivity contribution >= 4 is 50.1 Å². The molecule has 1 aliphatic rings. The number of rotatable bonds is 2. The minimum atomic E-state index is -0.336. The molecule has 122 valence electrons. The third kappa shape index (κ3) is 3.33. The summed E-state index contributed by atoms with van der Waals surface area (Å²) in [7, 11) is 0. The topological polar surface area (TPSA) is 62.3 Å². The normalized spacial score (nSPS) is 18.7. The van der Waals surface area contributed by atoms with Crippen molar-refractivity contribution in [3.8, 4) is 0 Å². The van der Waals surface area contributed by atoms with Crippen molar-refractivity contribution in [2.45, 2.75) is 32.7 Å². The molecule has 1 atom stereocenters. The van der Waals surface area contributed by atoms with Crippen molar-refractivity contribution in [3.63, 3.8) is 0 Å². The summed E-state index contributed by atoms with van der Waals surface area (Å²) in [6.45, 7) is 6.37. The molecular formula is C16H18ClN3O2S. The van der Waals surface area contributed by atoms with E-state index < -0.39 is 0 Å². The minimum Gasteiger partial charge on any atom is -0.337 e. The fourth-order valence-electron chi connectivity index (χ4n) is 2.69. The van der Waals surface area contributed by atoms with Gasteiger partial charge in [0.05, 0.1) is 16.1 Å². The second kappa shape index (κ2) is 5.76. The molecule has 0 aliphatic carbocycles. The summed E-state index contributed by atoms with van der Waals surface area (Å²) in [4.78, 5) is 30.7. The van der Waals surface area contributed by atoms with E-state index in [0.717, 1.165) is 10.2 Å². The Morgan fingerprint density at radius 3 is 2.83 bits per heavy atom. The Labute approximate surface area is 143 Å². The molecule has 1 unspecified atom stereocenters. The molecule has 5 nitrogen and oxygen atoms in total. The highest BCUT2D eigenvalue weighted by Crippen LogP contribution is 2.30. The zero-order valence-corrected chi connectivity index (χ0v) is 14.8. The summed E-state index contributed by atoms with van der Waals surface area (Å²) in [6, 6.07) is 5.42. The number of carbonyl (C=O) groups is 2. The second-order valence-corrected chi connectivity index (χ2v) is 8.16. The molecule has 3 rings (SSSR count). The Balaban J connectivity index is 1.72. The number of carbonyl (C=O) groups excluding carboxylic acids is 2. The van der Waals surface area contributed by atoms with Gasteiger partial charge in [-0.25, -0.2) is 4.98 Å². The first-order valence-electron chi connectivity index (χ1n) is 7.41. The third-order valence-electron chi connectivity index (χ3n) is 3.89. The Morgan fingerprint density at radius 1 is 1.43 bits per heavy atom. The summed E-state index contributed by atoms with van der Waals surface area (Å²) in [6.07, 6.45) is 0.250. The van der Waals surface area contributed by atoms with Gasteiger partial charge in [-0.1, -0.05) is 22.9 Å². The Hall–Kier alpha value is -1.66. The van der Waals surface area contributed by atoms with Gasteiger partial charge >= 0.3 is 0 Å². The zero-order chi connectivity index (χ0) is 16.8. The smallest absolute Gasteiger partial charge is 0.231 e. The van der Waals surface area contributed by atoms with Crippen LogP contribution in [-0.4, -0.2) is 33.8 Å². The molecule has 0 radical (unpaired) electrons. The fourth-order valence-corrected chi connectivity index (χ4v) is 3.84. The van der Waals surface area contributed by atoms with Crippen LogP contribution in [-0.2, 0) is 9.59 Å². The van der Waals surface area contributed by atoms with Gasteiger partial charge in [0.15, 0.2) is 5.13 Å². The van der Waals surface area contributed by atoms with Gasteiger partial charge in [-0.05, 0) is 39.0 Å². The zero-order valence-electron chi connectivity index (χ0n) is 13.2. The van der Waals surface area contributed by atoms with E-state index in [-0.39, 0.29) is 29.7 Å². The van der Waals surface area contributed by atoms with Crippen LogP contribution in [0.2, 0.25) is 5.02 Å². The number of hydrogen-bond donors (Lipinski definition) is 1. The average Bonchev–Trinajstić information content (AvgIpc) is 3.00. The lowest BCUT2D eigenvalue weighted by Crippen LogP contribution is -2.42. The van der Waals surface area contributed by atoms with Crippen molar-refractivity contribution in [1.82, 2.24) is 9.88 Å². The van der Waals surface area contributed by atoms with Crippen LogP contribution in [0.1, 0.15) is 27.2 Å². The van der Waals surface area contributed by atoms with Crippen molar-refractivity contribution in [3.05, 3.63) is 23.2 Å². The molecule has 1 aromatic heterocycles. The van der Waals surface area contributed by atoms with Crippen LogP contribution in [0.25, 0.3) is 10.2 Å². The molecule has 23 heavy (non-hydrogen) atoms. The van der Waals surface area contributed by atoms with Gasteiger partial charge in [0, 0.05) is 23.5 Å². The Morgan fingerprint density at radius 2 is 2.17 bits per heavy atom. The number of fused-ring (bicyclic) bond motifs is 1. The molecule has 2 amide bonds. The quantitative estimate of drug-likeness (QED) is 0.900.